The summed E-state index contributed by atoms with van der Waals surface area (Å²) >= 11 is 0. The van der Waals surface area contributed by atoms with Crippen molar-refractivity contribution >= 4 is 23.3 Å². The highest BCUT2D eigenvalue weighted by atomic mass is 16.2. The first kappa shape index (κ1) is 16.3. The van der Waals surface area contributed by atoms with E-state index >= 15 is 0 Å². The van der Waals surface area contributed by atoms with Crippen LogP contribution in [0.4, 0.5) is 16.2 Å². The maximum Gasteiger partial charge on any atom is 0.318 e. The number of nitrogens with one attached hydrogen (secondary N) is 3. The van der Waals surface area contributed by atoms with Crippen LogP contribution >= 0.6 is 0 Å². The van der Waals surface area contributed by atoms with Crippen LogP contribution in [0.1, 0.15) is 32.6 Å². The molecule has 2 rings (SSSR count). The first-order valence-electron chi connectivity index (χ1n) is 7.61. The molecule has 1 aliphatic rings. The van der Waals surface area contributed by atoms with E-state index in [9.17, 15) is 9.59 Å². The van der Waals surface area contributed by atoms with E-state index < -0.39 is 5.54 Å². The second-order valence-corrected chi connectivity index (χ2v) is 6.08. The molecule has 1 fully saturated rings. The molecule has 0 radical (unpaired) electrons. The van der Waals surface area contributed by atoms with Gasteiger partial charge < -0.3 is 21.7 Å². The van der Waals surface area contributed by atoms with Crippen LogP contribution in [0, 0.1) is 5.92 Å². The number of amides is 3. The van der Waals surface area contributed by atoms with Crippen LogP contribution in [0.25, 0.3) is 0 Å². The predicted molar refractivity (Wildman–Crippen MR) is 87.7 cm³/mol. The van der Waals surface area contributed by atoms with Gasteiger partial charge in [-0.1, -0.05) is 18.9 Å². The monoisotopic (exact) mass is 304 g/mol. The number of nitrogens with two attached hydrogens (primary N) is 1. The van der Waals surface area contributed by atoms with E-state index in [1.54, 1.807) is 31.3 Å². The fraction of sp³-hybridized carbons (Fsp3) is 0.500. The number of benzene rings is 1. The fourth-order valence-electron chi connectivity index (χ4n) is 2.89. The van der Waals surface area contributed by atoms with Crippen molar-refractivity contribution < 1.29 is 9.59 Å². The summed E-state index contributed by atoms with van der Waals surface area (Å²) in [7, 11) is 1.55. The molecule has 0 bridgehead atoms. The molecule has 0 aromatic heterocycles. The van der Waals surface area contributed by atoms with Gasteiger partial charge in [0.1, 0.15) is 0 Å². The van der Waals surface area contributed by atoms with Crippen molar-refractivity contribution in [2.75, 3.05) is 17.7 Å². The van der Waals surface area contributed by atoms with Crippen LogP contribution in [-0.4, -0.2) is 24.5 Å². The quantitative estimate of drug-likeness (QED) is 0.690. The summed E-state index contributed by atoms with van der Waals surface area (Å²) < 4.78 is 0. The second kappa shape index (κ2) is 6.79. The number of rotatable bonds is 3. The molecule has 3 amide bonds. The van der Waals surface area contributed by atoms with Gasteiger partial charge in [0, 0.05) is 24.0 Å². The van der Waals surface area contributed by atoms with E-state index in [4.69, 9.17) is 5.73 Å². The third-order valence-electron chi connectivity index (χ3n) is 4.19. The molecule has 0 heterocycles. The van der Waals surface area contributed by atoms with Crippen molar-refractivity contribution in [3.05, 3.63) is 24.3 Å². The molecule has 0 saturated heterocycles. The first-order chi connectivity index (χ1) is 10.4. The van der Waals surface area contributed by atoms with Gasteiger partial charge in [-0.2, -0.15) is 0 Å². The van der Waals surface area contributed by atoms with Gasteiger partial charge in [-0.05, 0) is 38.0 Å². The number of anilines is 2. The topological polar surface area (TPSA) is 96.2 Å². The normalized spacial score (nSPS) is 24.4. The standard InChI is InChI=1S/C16H24N4O2/c1-16(17)9-4-3-8-13(16)14(21)19-11-6-5-7-12(10-11)20-15(22)18-2/h5-7,10,13H,3-4,8-9,17H2,1-2H3,(H,19,21)(H2,18,20,22). The third kappa shape index (κ3) is 3.98. The molecular formula is C16H24N4O2. The Labute approximate surface area is 130 Å². The van der Waals surface area contributed by atoms with Crippen molar-refractivity contribution in [3.8, 4) is 0 Å². The Kier molecular flexibility index (Phi) is 5.03. The number of hydrogen-bond donors (Lipinski definition) is 4. The summed E-state index contributed by atoms with van der Waals surface area (Å²) in [6, 6.07) is 6.76. The summed E-state index contributed by atoms with van der Waals surface area (Å²) in [6.07, 6.45) is 3.78. The molecule has 1 saturated carbocycles. The molecule has 120 valence electrons. The van der Waals surface area contributed by atoms with Gasteiger partial charge in [-0.3, -0.25) is 4.79 Å². The van der Waals surface area contributed by atoms with Crippen LogP contribution in [0.15, 0.2) is 24.3 Å². The highest BCUT2D eigenvalue weighted by Crippen LogP contribution is 2.32. The van der Waals surface area contributed by atoms with E-state index in [1.165, 1.54) is 0 Å². The third-order valence-corrected chi connectivity index (χ3v) is 4.19. The number of urea groups is 1. The van der Waals surface area contributed by atoms with Gasteiger partial charge >= 0.3 is 6.03 Å². The van der Waals surface area contributed by atoms with E-state index in [0.717, 1.165) is 25.7 Å². The SMILES string of the molecule is CNC(=O)Nc1cccc(NC(=O)C2CCCCC2(C)N)c1. The number of carbonyl (C=O) groups is 2. The van der Waals surface area contributed by atoms with Gasteiger partial charge in [0.05, 0.1) is 5.92 Å². The zero-order chi connectivity index (χ0) is 16.2. The van der Waals surface area contributed by atoms with Crippen LogP contribution in [0.5, 0.6) is 0 Å². The van der Waals surface area contributed by atoms with E-state index in [-0.39, 0.29) is 17.9 Å². The fourth-order valence-corrected chi connectivity index (χ4v) is 2.89. The van der Waals surface area contributed by atoms with Gasteiger partial charge in [0.15, 0.2) is 0 Å². The van der Waals surface area contributed by atoms with Crippen molar-refractivity contribution in [3.63, 3.8) is 0 Å². The van der Waals surface area contributed by atoms with Crippen LogP contribution < -0.4 is 21.7 Å². The minimum Gasteiger partial charge on any atom is -0.341 e. The molecule has 6 heteroatoms. The molecule has 1 aliphatic carbocycles. The highest BCUT2D eigenvalue weighted by Gasteiger charge is 2.37. The average Bonchev–Trinajstić information content (AvgIpc) is 2.46. The van der Waals surface area contributed by atoms with Crippen LogP contribution in [-0.2, 0) is 4.79 Å². The van der Waals surface area contributed by atoms with Gasteiger partial charge in [0.2, 0.25) is 5.91 Å². The highest BCUT2D eigenvalue weighted by molar-refractivity contribution is 5.95. The Morgan fingerprint density at radius 3 is 2.55 bits per heavy atom. The molecule has 0 aliphatic heterocycles. The van der Waals surface area contributed by atoms with Gasteiger partial charge in [-0.25, -0.2) is 4.79 Å². The summed E-state index contributed by atoms with van der Waals surface area (Å²) in [5, 5.41) is 8.07. The minimum atomic E-state index is -0.458. The number of hydrogen-bond acceptors (Lipinski definition) is 3. The second-order valence-electron chi connectivity index (χ2n) is 6.08. The van der Waals surface area contributed by atoms with Gasteiger partial charge in [-0.15, -0.1) is 0 Å². The Hall–Kier alpha value is -2.08. The summed E-state index contributed by atoms with van der Waals surface area (Å²) in [5.74, 6) is -0.237. The lowest BCUT2D eigenvalue weighted by atomic mass is 9.74. The molecule has 0 spiro atoms. The molecule has 1 aromatic rings. The van der Waals surface area contributed by atoms with Crippen molar-refractivity contribution in [2.24, 2.45) is 11.7 Å². The maximum atomic E-state index is 12.5. The molecule has 6 nitrogen and oxygen atoms in total. The number of carbonyl (C=O) groups excluding carboxylic acids is 2. The Morgan fingerprint density at radius 1 is 1.23 bits per heavy atom. The average molecular weight is 304 g/mol. The van der Waals surface area contributed by atoms with Crippen LogP contribution in [0.2, 0.25) is 0 Å². The van der Waals surface area contributed by atoms with Crippen molar-refractivity contribution in [1.29, 1.82) is 0 Å². The Balaban J connectivity index is 2.05. The predicted octanol–water partition coefficient (Wildman–Crippen LogP) is 2.28. The summed E-state index contributed by atoms with van der Waals surface area (Å²) in [4.78, 5) is 23.8. The first-order valence-corrected chi connectivity index (χ1v) is 7.61. The van der Waals surface area contributed by atoms with Gasteiger partial charge in [0.25, 0.3) is 0 Å². The molecular weight excluding hydrogens is 280 g/mol. The lowest BCUT2D eigenvalue weighted by Crippen LogP contribution is -2.51. The molecule has 2 unspecified atom stereocenters. The lowest BCUT2D eigenvalue weighted by molar-refractivity contribution is -0.122. The zero-order valence-corrected chi connectivity index (χ0v) is 13.1. The largest absolute Gasteiger partial charge is 0.341 e. The molecule has 1 aromatic carbocycles. The molecule has 22 heavy (non-hydrogen) atoms. The van der Waals surface area contributed by atoms with E-state index in [1.807, 2.05) is 6.92 Å². The molecule has 5 N–H and O–H groups in total. The van der Waals surface area contributed by atoms with E-state index in [2.05, 4.69) is 16.0 Å². The van der Waals surface area contributed by atoms with E-state index in [0.29, 0.717) is 11.4 Å². The summed E-state index contributed by atoms with van der Waals surface area (Å²) in [5.41, 5.74) is 7.08. The van der Waals surface area contributed by atoms with Crippen molar-refractivity contribution in [2.45, 2.75) is 38.1 Å². The maximum absolute atomic E-state index is 12.5. The minimum absolute atomic E-state index is 0.0539. The smallest absolute Gasteiger partial charge is 0.318 e. The van der Waals surface area contributed by atoms with Crippen LogP contribution in [0.3, 0.4) is 0 Å². The Morgan fingerprint density at radius 2 is 1.91 bits per heavy atom. The van der Waals surface area contributed by atoms with Crippen molar-refractivity contribution in [1.82, 2.24) is 5.32 Å². The zero-order valence-electron chi connectivity index (χ0n) is 13.1. The summed E-state index contributed by atoms with van der Waals surface area (Å²) in [6.45, 7) is 1.94. The molecule has 2 atom stereocenters. The lowest BCUT2D eigenvalue weighted by Gasteiger charge is -2.37. The Bertz CT molecular complexity index is 557.